The lowest BCUT2D eigenvalue weighted by atomic mass is 10.1. The third kappa shape index (κ3) is 10.0. The Morgan fingerprint density at radius 3 is 2.26 bits per heavy atom. The molecule has 2 atom stereocenters. The second-order valence-electron chi connectivity index (χ2n) is 9.06. The van der Waals surface area contributed by atoms with E-state index in [1.165, 1.54) is 30.4 Å². The van der Waals surface area contributed by atoms with E-state index in [9.17, 15) is 23.3 Å². The lowest BCUT2D eigenvalue weighted by molar-refractivity contribution is -0.385. The van der Waals surface area contributed by atoms with E-state index in [2.05, 4.69) is 4.72 Å². The van der Waals surface area contributed by atoms with Gasteiger partial charge in [-0.05, 0) is 54.5 Å². The predicted octanol–water partition coefficient (Wildman–Crippen LogP) is 3.44. The number of hydrogen-bond donors (Lipinski definition) is 1. The third-order valence-corrected chi connectivity index (χ3v) is 4.97. The molecule has 0 aliphatic carbocycles. The summed E-state index contributed by atoms with van der Waals surface area (Å²) in [6, 6.07) is 4.72. The number of rotatable bonds is 9. The van der Waals surface area contributed by atoms with Crippen molar-refractivity contribution in [1.29, 1.82) is 0 Å². The van der Waals surface area contributed by atoms with Gasteiger partial charge >= 0.3 is 5.97 Å². The Hall–Kier alpha value is -2.30. The van der Waals surface area contributed by atoms with Crippen LogP contribution < -0.4 is 4.72 Å². The summed E-state index contributed by atoms with van der Waals surface area (Å²) in [6.07, 6.45) is 1.84. The Morgan fingerprint density at radius 1 is 1.16 bits per heavy atom. The molecule has 0 aliphatic heterocycles. The number of carbonyl (C=O) groups excluding carboxylic acids is 1. The molecule has 0 radical (unpaired) electrons. The second kappa shape index (κ2) is 10.3. The average molecular weight is 457 g/mol. The molecule has 31 heavy (non-hydrogen) atoms. The molecule has 10 heteroatoms. The van der Waals surface area contributed by atoms with Crippen molar-refractivity contribution in [1.82, 2.24) is 4.72 Å². The van der Waals surface area contributed by atoms with E-state index in [1.54, 1.807) is 54.5 Å². The Labute approximate surface area is 184 Å². The first-order valence-electron chi connectivity index (χ1n) is 9.81. The first-order chi connectivity index (χ1) is 14.0. The van der Waals surface area contributed by atoms with Gasteiger partial charge in [-0.3, -0.25) is 14.9 Å². The number of nitrogens with one attached hydrogen (secondary N) is 1. The van der Waals surface area contributed by atoms with Crippen molar-refractivity contribution in [2.75, 3.05) is 5.75 Å². The predicted molar refractivity (Wildman–Crippen MR) is 119 cm³/mol. The van der Waals surface area contributed by atoms with Gasteiger partial charge in [0.2, 0.25) is 10.0 Å². The van der Waals surface area contributed by atoms with Crippen LogP contribution in [0.15, 0.2) is 30.3 Å². The first-order valence-corrected chi connectivity index (χ1v) is 11.5. The number of para-hydroxylation sites is 1. The van der Waals surface area contributed by atoms with Crippen molar-refractivity contribution in [2.45, 2.75) is 71.8 Å². The SMILES string of the molecule is CC(OC(C)(C)C)C(NS(=O)(=O)CC=Cc1ccccc1[N+](=O)[O-])C(=O)OC(C)(C)C. The summed E-state index contributed by atoms with van der Waals surface area (Å²) in [6.45, 7) is 12.0. The maximum atomic E-state index is 12.7. The van der Waals surface area contributed by atoms with Gasteiger partial charge in [0.1, 0.15) is 11.6 Å². The largest absolute Gasteiger partial charge is 0.459 e. The molecular formula is C21H32N2O7S. The minimum Gasteiger partial charge on any atom is -0.459 e. The highest BCUT2D eigenvalue weighted by Gasteiger charge is 2.35. The fourth-order valence-electron chi connectivity index (χ4n) is 2.66. The van der Waals surface area contributed by atoms with Gasteiger partial charge in [-0.2, -0.15) is 4.72 Å². The fraction of sp³-hybridized carbons (Fsp3) is 0.571. The van der Waals surface area contributed by atoms with Crippen LogP contribution in [0.25, 0.3) is 6.08 Å². The van der Waals surface area contributed by atoms with Gasteiger partial charge in [0.25, 0.3) is 5.69 Å². The molecule has 2 unspecified atom stereocenters. The number of sulfonamides is 1. The minimum absolute atomic E-state index is 0.136. The molecular weight excluding hydrogens is 424 g/mol. The van der Waals surface area contributed by atoms with E-state index in [0.717, 1.165) is 0 Å². The van der Waals surface area contributed by atoms with Gasteiger partial charge < -0.3 is 9.47 Å². The molecule has 1 rings (SSSR count). The number of nitro groups is 1. The maximum absolute atomic E-state index is 12.7. The molecule has 9 nitrogen and oxygen atoms in total. The Bertz CT molecular complexity index is 912. The molecule has 0 bridgehead atoms. The highest BCUT2D eigenvalue weighted by Crippen LogP contribution is 2.20. The van der Waals surface area contributed by atoms with Crippen molar-refractivity contribution in [3.8, 4) is 0 Å². The Morgan fingerprint density at radius 2 is 1.74 bits per heavy atom. The maximum Gasteiger partial charge on any atom is 0.327 e. The van der Waals surface area contributed by atoms with E-state index in [0.29, 0.717) is 0 Å². The fourth-order valence-corrected chi connectivity index (χ4v) is 3.79. The molecule has 0 amide bonds. The van der Waals surface area contributed by atoms with Gasteiger partial charge in [0, 0.05) is 6.07 Å². The summed E-state index contributed by atoms with van der Waals surface area (Å²) in [7, 11) is -3.97. The molecule has 0 saturated carbocycles. The average Bonchev–Trinajstić information content (AvgIpc) is 2.56. The van der Waals surface area contributed by atoms with Crippen LogP contribution in [0.2, 0.25) is 0 Å². The standard InChI is InChI=1S/C21H32N2O7S/c1-15(29-20(2,3)4)18(19(24)30-21(5,6)7)22-31(27,28)14-10-12-16-11-8-9-13-17(16)23(25)26/h8-13,15,18,22H,14H2,1-7H3. The molecule has 1 aromatic carbocycles. The topological polar surface area (TPSA) is 125 Å². The Kier molecular flexibility index (Phi) is 8.92. The lowest BCUT2D eigenvalue weighted by Gasteiger charge is -2.31. The number of ether oxygens (including phenoxy) is 2. The van der Waals surface area contributed by atoms with Crippen molar-refractivity contribution in [2.24, 2.45) is 0 Å². The van der Waals surface area contributed by atoms with Crippen molar-refractivity contribution >= 4 is 27.8 Å². The van der Waals surface area contributed by atoms with Crippen LogP contribution in [-0.4, -0.2) is 48.4 Å². The number of esters is 1. The monoisotopic (exact) mass is 456 g/mol. The van der Waals surface area contributed by atoms with E-state index in [4.69, 9.17) is 9.47 Å². The van der Waals surface area contributed by atoms with E-state index < -0.39 is 50.0 Å². The molecule has 1 N–H and O–H groups in total. The Balaban J connectivity index is 3.03. The van der Waals surface area contributed by atoms with E-state index in [1.807, 2.05) is 0 Å². The molecule has 0 saturated heterocycles. The number of nitro benzene ring substituents is 1. The van der Waals surface area contributed by atoms with Crippen LogP contribution in [0.3, 0.4) is 0 Å². The minimum atomic E-state index is -3.97. The van der Waals surface area contributed by atoms with Crippen LogP contribution >= 0.6 is 0 Å². The zero-order chi connectivity index (χ0) is 24.0. The number of nitrogens with zero attached hydrogens (tertiary/aromatic N) is 1. The molecule has 0 spiro atoms. The van der Waals surface area contributed by atoms with Crippen molar-refractivity contribution < 1.29 is 27.6 Å². The van der Waals surface area contributed by atoms with Crippen molar-refractivity contribution in [3.63, 3.8) is 0 Å². The number of hydrogen-bond acceptors (Lipinski definition) is 7. The van der Waals surface area contributed by atoms with Gasteiger partial charge in [0.15, 0.2) is 0 Å². The lowest BCUT2D eigenvalue weighted by Crippen LogP contribution is -2.52. The molecule has 0 aliphatic rings. The van der Waals surface area contributed by atoms with Gasteiger partial charge in [-0.1, -0.05) is 24.3 Å². The summed E-state index contributed by atoms with van der Waals surface area (Å²) in [5.74, 6) is -1.24. The second-order valence-corrected chi connectivity index (χ2v) is 10.9. The summed E-state index contributed by atoms with van der Waals surface area (Å²) < 4.78 is 38.7. The normalized spacial score (nSPS) is 14.9. The number of benzene rings is 1. The van der Waals surface area contributed by atoms with Crippen LogP contribution in [0.1, 0.15) is 54.0 Å². The zero-order valence-electron chi connectivity index (χ0n) is 19.0. The van der Waals surface area contributed by atoms with E-state index in [-0.39, 0.29) is 11.3 Å². The van der Waals surface area contributed by atoms with Crippen LogP contribution in [-0.2, 0) is 24.3 Å². The van der Waals surface area contributed by atoms with E-state index >= 15 is 0 Å². The van der Waals surface area contributed by atoms with Gasteiger partial charge in [-0.25, -0.2) is 8.42 Å². The molecule has 0 fully saturated rings. The zero-order valence-corrected chi connectivity index (χ0v) is 19.9. The summed E-state index contributed by atoms with van der Waals surface area (Å²) in [4.78, 5) is 23.2. The summed E-state index contributed by atoms with van der Waals surface area (Å²) in [5.41, 5.74) is -1.29. The summed E-state index contributed by atoms with van der Waals surface area (Å²) in [5, 5.41) is 11.1. The highest BCUT2D eigenvalue weighted by atomic mass is 32.2. The smallest absolute Gasteiger partial charge is 0.327 e. The van der Waals surface area contributed by atoms with Crippen LogP contribution in [0.5, 0.6) is 0 Å². The quantitative estimate of drug-likeness (QED) is 0.343. The molecule has 1 aromatic rings. The van der Waals surface area contributed by atoms with Crippen LogP contribution in [0.4, 0.5) is 5.69 Å². The third-order valence-electron chi connectivity index (χ3n) is 3.72. The first kappa shape index (κ1) is 26.7. The van der Waals surface area contributed by atoms with Crippen molar-refractivity contribution in [3.05, 3.63) is 46.0 Å². The van der Waals surface area contributed by atoms with Gasteiger partial charge in [-0.15, -0.1) is 0 Å². The molecule has 0 heterocycles. The summed E-state index contributed by atoms with van der Waals surface area (Å²) >= 11 is 0. The number of carbonyl (C=O) groups is 1. The van der Waals surface area contributed by atoms with Crippen LogP contribution in [0, 0.1) is 10.1 Å². The highest BCUT2D eigenvalue weighted by molar-refractivity contribution is 7.89. The molecule has 174 valence electrons. The molecule has 0 aromatic heterocycles. The van der Waals surface area contributed by atoms with Gasteiger partial charge in [0.05, 0.1) is 27.9 Å².